The fourth-order valence-electron chi connectivity index (χ4n) is 2.71. The van der Waals surface area contributed by atoms with Gasteiger partial charge >= 0.3 is 0 Å². The number of nitrogen functional groups attached to an aromatic ring is 1. The van der Waals surface area contributed by atoms with Gasteiger partial charge in [-0.15, -0.1) is 0 Å². The monoisotopic (exact) mass is 248 g/mol. The molecule has 3 rings (SSSR count). The summed E-state index contributed by atoms with van der Waals surface area (Å²) in [5.74, 6) is 3.29. The van der Waals surface area contributed by atoms with Crippen molar-refractivity contribution in [2.45, 2.75) is 38.1 Å². The van der Waals surface area contributed by atoms with E-state index in [0.29, 0.717) is 17.7 Å². The molecule has 0 bridgehead atoms. The number of aromatic nitrogens is 2. The number of nitrogens with two attached hydrogens (primary N) is 1. The summed E-state index contributed by atoms with van der Waals surface area (Å²) in [6.07, 6.45) is 3.43. The lowest BCUT2D eigenvalue weighted by molar-refractivity contribution is 0.244. The number of nitrogens with zero attached hydrogens (tertiary/aromatic N) is 3. The number of rotatable bonds is 3. The zero-order valence-electron chi connectivity index (χ0n) is 10.7. The lowest BCUT2D eigenvalue weighted by Gasteiger charge is -2.26. The maximum Gasteiger partial charge on any atom is 0.136 e. The molecule has 5 heteroatoms. The zero-order valence-corrected chi connectivity index (χ0v) is 10.7. The number of hydrogen-bond donors (Lipinski definition) is 2. The number of hydrogen-bond acceptors (Lipinski definition) is 5. The Kier molecular flexibility index (Phi) is 2.86. The van der Waals surface area contributed by atoms with Crippen LogP contribution in [-0.2, 0) is 0 Å². The van der Waals surface area contributed by atoms with Crippen LogP contribution in [0, 0.1) is 5.92 Å². The summed E-state index contributed by atoms with van der Waals surface area (Å²) < 4.78 is 0. The molecule has 1 saturated heterocycles. The lowest BCUT2D eigenvalue weighted by atomic mass is 10.0. The number of anilines is 2. The second kappa shape index (κ2) is 4.39. The Morgan fingerprint density at radius 1 is 1.39 bits per heavy atom. The molecule has 98 valence electrons. The van der Waals surface area contributed by atoms with Crippen LogP contribution < -0.4 is 10.6 Å². The van der Waals surface area contributed by atoms with E-state index in [1.54, 1.807) is 0 Å². The van der Waals surface area contributed by atoms with Gasteiger partial charge in [0, 0.05) is 18.5 Å². The van der Waals surface area contributed by atoms with Crippen LogP contribution in [0.1, 0.15) is 37.9 Å². The molecule has 2 aliphatic rings. The standard InChI is InChI=1S/C13H20N4O/c1-8-4-5-17(10(8)7-18)12-6-11(14)15-13(16-12)9-2-3-9/h6,8-10,18H,2-5,7H2,1H3,(H2,14,15,16). The molecule has 2 atom stereocenters. The van der Waals surface area contributed by atoms with E-state index >= 15 is 0 Å². The molecule has 1 aromatic rings. The first-order valence-corrected chi connectivity index (χ1v) is 6.71. The maximum atomic E-state index is 9.51. The van der Waals surface area contributed by atoms with E-state index in [1.165, 1.54) is 12.8 Å². The van der Waals surface area contributed by atoms with Crippen LogP contribution in [0.25, 0.3) is 0 Å². The third kappa shape index (κ3) is 2.03. The van der Waals surface area contributed by atoms with Gasteiger partial charge in [-0.05, 0) is 25.2 Å². The molecule has 2 unspecified atom stereocenters. The Hall–Kier alpha value is -1.36. The number of aliphatic hydroxyl groups excluding tert-OH is 1. The van der Waals surface area contributed by atoms with Gasteiger partial charge in [-0.2, -0.15) is 0 Å². The van der Waals surface area contributed by atoms with Gasteiger partial charge in [-0.3, -0.25) is 0 Å². The van der Waals surface area contributed by atoms with Crippen molar-refractivity contribution in [1.29, 1.82) is 0 Å². The van der Waals surface area contributed by atoms with E-state index in [1.807, 2.05) is 6.07 Å². The third-order valence-electron chi connectivity index (χ3n) is 4.06. The van der Waals surface area contributed by atoms with Gasteiger partial charge in [0.15, 0.2) is 0 Å². The van der Waals surface area contributed by atoms with E-state index in [9.17, 15) is 5.11 Å². The van der Waals surface area contributed by atoms with E-state index in [2.05, 4.69) is 21.8 Å². The zero-order chi connectivity index (χ0) is 12.7. The van der Waals surface area contributed by atoms with Crippen molar-refractivity contribution < 1.29 is 5.11 Å². The van der Waals surface area contributed by atoms with Crippen LogP contribution in [0.2, 0.25) is 0 Å². The quantitative estimate of drug-likeness (QED) is 0.839. The second-order valence-corrected chi connectivity index (χ2v) is 5.49. The van der Waals surface area contributed by atoms with Gasteiger partial charge in [0.2, 0.25) is 0 Å². The predicted molar refractivity (Wildman–Crippen MR) is 70.4 cm³/mol. The van der Waals surface area contributed by atoms with Crippen LogP contribution in [0.15, 0.2) is 6.07 Å². The molecule has 0 aromatic carbocycles. The highest BCUT2D eigenvalue weighted by molar-refractivity contribution is 5.49. The summed E-state index contributed by atoms with van der Waals surface area (Å²) in [4.78, 5) is 11.1. The van der Waals surface area contributed by atoms with E-state index < -0.39 is 0 Å². The second-order valence-electron chi connectivity index (χ2n) is 5.49. The molecule has 1 aliphatic heterocycles. The lowest BCUT2D eigenvalue weighted by Crippen LogP contribution is -2.36. The van der Waals surface area contributed by atoms with Gasteiger partial charge < -0.3 is 15.7 Å². The average Bonchev–Trinajstić information content (AvgIpc) is 3.12. The van der Waals surface area contributed by atoms with Crippen molar-refractivity contribution in [3.05, 3.63) is 11.9 Å². The average molecular weight is 248 g/mol. The van der Waals surface area contributed by atoms with Crippen LogP contribution in [0.4, 0.5) is 11.6 Å². The largest absolute Gasteiger partial charge is 0.394 e. The minimum atomic E-state index is 0.159. The SMILES string of the molecule is CC1CCN(c2cc(N)nc(C3CC3)n2)C1CO. The van der Waals surface area contributed by atoms with Crippen molar-refractivity contribution in [3.63, 3.8) is 0 Å². The molecule has 1 saturated carbocycles. The Labute approximate surface area is 107 Å². The topological polar surface area (TPSA) is 75.3 Å². The van der Waals surface area contributed by atoms with Crippen LogP contribution in [0.3, 0.4) is 0 Å². The molecule has 3 N–H and O–H groups in total. The smallest absolute Gasteiger partial charge is 0.136 e. The predicted octanol–water partition coefficient (Wildman–Crippen LogP) is 1.14. The normalized spacial score (nSPS) is 27.8. The molecule has 5 nitrogen and oxygen atoms in total. The maximum absolute atomic E-state index is 9.51. The summed E-state index contributed by atoms with van der Waals surface area (Å²) in [5, 5.41) is 9.51. The fourth-order valence-corrected chi connectivity index (χ4v) is 2.71. The number of aliphatic hydroxyl groups is 1. The van der Waals surface area contributed by atoms with Crippen LogP contribution in [0.5, 0.6) is 0 Å². The Morgan fingerprint density at radius 2 is 2.17 bits per heavy atom. The molecule has 18 heavy (non-hydrogen) atoms. The Morgan fingerprint density at radius 3 is 2.83 bits per heavy atom. The van der Waals surface area contributed by atoms with Gasteiger partial charge in [0.05, 0.1) is 12.6 Å². The Balaban J connectivity index is 1.91. The molecular formula is C13H20N4O. The highest BCUT2D eigenvalue weighted by Crippen LogP contribution is 2.39. The molecule has 0 spiro atoms. The molecular weight excluding hydrogens is 228 g/mol. The molecule has 1 aliphatic carbocycles. The van der Waals surface area contributed by atoms with Crippen molar-refractivity contribution in [2.24, 2.45) is 5.92 Å². The fraction of sp³-hybridized carbons (Fsp3) is 0.692. The van der Waals surface area contributed by atoms with Crippen molar-refractivity contribution in [2.75, 3.05) is 23.8 Å². The summed E-state index contributed by atoms with van der Waals surface area (Å²) in [7, 11) is 0. The first-order valence-electron chi connectivity index (χ1n) is 6.71. The van der Waals surface area contributed by atoms with Gasteiger partial charge in [0.1, 0.15) is 17.5 Å². The Bertz CT molecular complexity index is 447. The van der Waals surface area contributed by atoms with Crippen LogP contribution in [-0.4, -0.2) is 34.3 Å². The highest BCUT2D eigenvalue weighted by atomic mass is 16.3. The summed E-state index contributed by atoms with van der Waals surface area (Å²) in [6, 6.07) is 1.98. The van der Waals surface area contributed by atoms with Crippen LogP contribution >= 0.6 is 0 Å². The molecule has 0 amide bonds. The minimum absolute atomic E-state index is 0.159. The van der Waals surface area contributed by atoms with Crippen molar-refractivity contribution in [3.8, 4) is 0 Å². The molecule has 1 aromatic heterocycles. The van der Waals surface area contributed by atoms with E-state index in [0.717, 1.165) is 24.6 Å². The minimum Gasteiger partial charge on any atom is -0.394 e. The highest BCUT2D eigenvalue weighted by Gasteiger charge is 2.33. The van der Waals surface area contributed by atoms with Crippen molar-refractivity contribution in [1.82, 2.24) is 9.97 Å². The summed E-state index contributed by atoms with van der Waals surface area (Å²) in [6.45, 7) is 3.28. The summed E-state index contributed by atoms with van der Waals surface area (Å²) >= 11 is 0. The molecule has 2 fully saturated rings. The van der Waals surface area contributed by atoms with Gasteiger partial charge in [0.25, 0.3) is 0 Å². The van der Waals surface area contributed by atoms with E-state index in [4.69, 9.17) is 5.73 Å². The van der Waals surface area contributed by atoms with E-state index in [-0.39, 0.29) is 12.6 Å². The molecule has 0 radical (unpaired) electrons. The van der Waals surface area contributed by atoms with Crippen molar-refractivity contribution >= 4 is 11.6 Å². The van der Waals surface area contributed by atoms with Gasteiger partial charge in [-0.25, -0.2) is 9.97 Å². The first kappa shape index (κ1) is 11.7. The first-order chi connectivity index (χ1) is 8.69. The molecule has 2 heterocycles. The third-order valence-corrected chi connectivity index (χ3v) is 4.06. The van der Waals surface area contributed by atoms with Gasteiger partial charge in [-0.1, -0.05) is 6.92 Å². The summed E-state index contributed by atoms with van der Waals surface area (Å²) in [5.41, 5.74) is 5.87.